The van der Waals surface area contributed by atoms with Gasteiger partial charge in [-0.25, -0.2) is 4.52 Å². The third-order valence-corrected chi connectivity index (χ3v) is 7.23. The molecule has 3 aliphatic heterocycles. The molecule has 0 spiro atoms. The molecule has 1 N–H and O–H groups in total. The highest BCUT2D eigenvalue weighted by Crippen LogP contribution is 2.32. The molecule has 1 aliphatic carbocycles. The van der Waals surface area contributed by atoms with Gasteiger partial charge in [0, 0.05) is 62.3 Å². The summed E-state index contributed by atoms with van der Waals surface area (Å²) in [6.07, 6.45) is 14.0. The third kappa shape index (κ3) is 3.65. The number of anilines is 1. The summed E-state index contributed by atoms with van der Waals surface area (Å²) in [6, 6.07) is 5.23. The summed E-state index contributed by atoms with van der Waals surface area (Å²) in [4.78, 5) is 21.7. The van der Waals surface area contributed by atoms with Crippen LogP contribution in [0.25, 0.3) is 11.1 Å². The molecule has 5 heterocycles. The molecule has 31 heavy (non-hydrogen) atoms. The summed E-state index contributed by atoms with van der Waals surface area (Å²) in [5.41, 5.74) is 4.67. The smallest absolute Gasteiger partial charge is 0.225 e. The van der Waals surface area contributed by atoms with Gasteiger partial charge in [-0.3, -0.25) is 9.79 Å². The molecule has 0 aromatic carbocycles. The van der Waals surface area contributed by atoms with Crippen LogP contribution in [0.5, 0.6) is 0 Å². The topological polar surface area (TPSA) is 65.2 Å². The predicted octanol–water partition coefficient (Wildman–Crippen LogP) is 2.37. The van der Waals surface area contributed by atoms with E-state index in [9.17, 15) is 4.79 Å². The van der Waals surface area contributed by atoms with Crippen molar-refractivity contribution in [3.05, 3.63) is 36.2 Å². The lowest BCUT2D eigenvalue weighted by Gasteiger charge is -2.36. The third-order valence-electron chi connectivity index (χ3n) is 7.23. The fourth-order valence-electron chi connectivity index (χ4n) is 5.22. The Bertz CT molecular complexity index is 1040. The van der Waals surface area contributed by atoms with Crippen molar-refractivity contribution in [1.82, 2.24) is 19.8 Å². The van der Waals surface area contributed by atoms with Crippen molar-refractivity contribution < 1.29 is 4.79 Å². The van der Waals surface area contributed by atoms with E-state index < -0.39 is 0 Å². The van der Waals surface area contributed by atoms with E-state index >= 15 is 0 Å². The number of amides is 1. The normalized spacial score (nSPS) is 26.5. The summed E-state index contributed by atoms with van der Waals surface area (Å²) >= 11 is 0. The maximum Gasteiger partial charge on any atom is 0.225 e. The standard InChI is InChI=1S/C24H30N6O/c31-24(17-3-4-17)29-12-10-28(11-13-29)22-7-9-27-30-16-19(14-23(22)30)18-5-6-21(26-15-18)20-2-1-8-25-20/h5,7,9,14-17,20-21,25H,1-4,6,8,10-13H2/t20-,21?/m1/s1. The number of nitrogens with one attached hydrogen (secondary N) is 1. The van der Waals surface area contributed by atoms with Gasteiger partial charge in [0.1, 0.15) is 0 Å². The number of hydrogen-bond acceptors (Lipinski definition) is 5. The first-order valence-corrected chi connectivity index (χ1v) is 11.7. The highest BCUT2D eigenvalue weighted by Gasteiger charge is 2.34. The van der Waals surface area contributed by atoms with Crippen molar-refractivity contribution in [2.45, 2.75) is 44.2 Å². The molecule has 2 saturated heterocycles. The van der Waals surface area contributed by atoms with Crippen molar-refractivity contribution in [2.24, 2.45) is 10.9 Å². The number of dihydropyridines is 1. The summed E-state index contributed by atoms with van der Waals surface area (Å²) in [6.45, 7) is 4.49. The van der Waals surface area contributed by atoms with Crippen LogP contribution in [0.2, 0.25) is 0 Å². The first kappa shape index (κ1) is 19.0. The number of piperazine rings is 1. The number of nitrogens with zero attached hydrogens (tertiary/aromatic N) is 5. The molecule has 2 aromatic rings. The molecule has 1 saturated carbocycles. The molecule has 0 radical (unpaired) electrons. The van der Waals surface area contributed by atoms with Crippen molar-refractivity contribution in [3.63, 3.8) is 0 Å². The number of allylic oxidation sites excluding steroid dienone is 1. The second-order valence-corrected chi connectivity index (χ2v) is 9.31. The van der Waals surface area contributed by atoms with Crippen LogP contribution in [0.3, 0.4) is 0 Å². The Morgan fingerprint density at radius 2 is 2.00 bits per heavy atom. The van der Waals surface area contributed by atoms with E-state index in [4.69, 9.17) is 4.99 Å². The number of fused-ring (bicyclic) bond motifs is 1. The number of hydrogen-bond donors (Lipinski definition) is 1. The molecule has 4 aliphatic rings. The highest BCUT2D eigenvalue weighted by atomic mass is 16.2. The quantitative estimate of drug-likeness (QED) is 0.828. The van der Waals surface area contributed by atoms with Crippen LogP contribution in [-0.4, -0.2) is 71.4 Å². The molecular weight excluding hydrogens is 388 g/mol. The van der Waals surface area contributed by atoms with Gasteiger partial charge in [0.05, 0.1) is 17.2 Å². The zero-order valence-electron chi connectivity index (χ0n) is 17.9. The van der Waals surface area contributed by atoms with E-state index in [1.807, 2.05) is 16.9 Å². The zero-order valence-corrected chi connectivity index (χ0v) is 17.9. The van der Waals surface area contributed by atoms with Gasteiger partial charge in [0.25, 0.3) is 0 Å². The van der Waals surface area contributed by atoms with E-state index in [0.29, 0.717) is 23.9 Å². The molecule has 7 heteroatoms. The largest absolute Gasteiger partial charge is 0.366 e. The molecule has 7 nitrogen and oxygen atoms in total. The van der Waals surface area contributed by atoms with Crippen LogP contribution in [0.1, 0.15) is 37.7 Å². The predicted molar refractivity (Wildman–Crippen MR) is 123 cm³/mol. The molecule has 162 valence electrons. The average Bonchev–Trinajstić information content (AvgIpc) is 3.33. The minimum atomic E-state index is 0.307. The highest BCUT2D eigenvalue weighted by molar-refractivity contribution is 6.11. The van der Waals surface area contributed by atoms with Crippen LogP contribution in [-0.2, 0) is 4.79 Å². The monoisotopic (exact) mass is 418 g/mol. The molecule has 2 aromatic heterocycles. The summed E-state index contributed by atoms with van der Waals surface area (Å²) < 4.78 is 1.98. The number of carbonyl (C=O) groups is 1. The lowest BCUT2D eigenvalue weighted by atomic mass is 9.98. The van der Waals surface area contributed by atoms with Gasteiger partial charge in [0.15, 0.2) is 0 Å². The molecular formula is C24H30N6O. The van der Waals surface area contributed by atoms with Crippen LogP contribution in [0.4, 0.5) is 5.69 Å². The number of aliphatic imine (C=N–C) groups is 1. The Morgan fingerprint density at radius 3 is 2.71 bits per heavy atom. The van der Waals surface area contributed by atoms with Crippen LogP contribution in [0, 0.1) is 5.92 Å². The maximum absolute atomic E-state index is 12.4. The van der Waals surface area contributed by atoms with Crippen molar-refractivity contribution in [1.29, 1.82) is 0 Å². The lowest BCUT2D eigenvalue weighted by Crippen LogP contribution is -2.49. The van der Waals surface area contributed by atoms with Gasteiger partial charge in [-0.2, -0.15) is 5.10 Å². The molecule has 1 unspecified atom stereocenters. The summed E-state index contributed by atoms with van der Waals surface area (Å²) in [5.74, 6) is 0.668. The number of aromatic nitrogens is 2. The Balaban J connectivity index is 1.19. The second-order valence-electron chi connectivity index (χ2n) is 9.31. The van der Waals surface area contributed by atoms with Gasteiger partial charge in [-0.05, 0) is 56.4 Å². The van der Waals surface area contributed by atoms with E-state index in [2.05, 4.69) is 44.6 Å². The van der Waals surface area contributed by atoms with Crippen molar-refractivity contribution in [3.8, 4) is 0 Å². The van der Waals surface area contributed by atoms with Gasteiger partial charge < -0.3 is 15.1 Å². The molecule has 3 fully saturated rings. The molecule has 6 rings (SSSR count). The Labute approximate surface area is 182 Å². The Kier molecular flexibility index (Phi) is 4.78. The van der Waals surface area contributed by atoms with E-state index in [1.165, 1.54) is 29.7 Å². The summed E-state index contributed by atoms with van der Waals surface area (Å²) in [5, 5.41) is 8.13. The first-order chi connectivity index (χ1) is 15.3. The van der Waals surface area contributed by atoms with Gasteiger partial charge in [-0.15, -0.1) is 0 Å². The number of carbonyl (C=O) groups excluding carboxylic acids is 1. The van der Waals surface area contributed by atoms with E-state index in [-0.39, 0.29) is 0 Å². The van der Waals surface area contributed by atoms with Crippen LogP contribution < -0.4 is 10.2 Å². The van der Waals surface area contributed by atoms with Crippen LogP contribution in [0.15, 0.2) is 35.6 Å². The second kappa shape index (κ2) is 7.79. The van der Waals surface area contributed by atoms with Crippen molar-refractivity contribution in [2.75, 3.05) is 37.6 Å². The van der Waals surface area contributed by atoms with Crippen molar-refractivity contribution >= 4 is 28.9 Å². The first-order valence-electron chi connectivity index (χ1n) is 11.7. The van der Waals surface area contributed by atoms with Gasteiger partial charge in [0.2, 0.25) is 5.91 Å². The Hall–Kier alpha value is -2.67. The lowest BCUT2D eigenvalue weighted by molar-refractivity contribution is -0.132. The fourth-order valence-corrected chi connectivity index (χ4v) is 5.22. The van der Waals surface area contributed by atoms with Crippen LogP contribution >= 0.6 is 0 Å². The minimum Gasteiger partial charge on any atom is -0.366 e. The van der Waals surface area contributed by atoms with Gasteiger partial charge in [-0.1, -0.05) is 6.08 Å². The average molecular weight is 419 g/mol. The number of rotatable bonds is 4. The molecule has 2 atom stereocenters. The molecule has 0 bridgehead atoms. The van der Waals surface area contributed by atoms with Gasteiger partial charge >= 0.3 is 0 Å². The molecule has 1 amide bonds. The maximum atomic E-state index is 12.4. The Morgan fingerprint density at radius 1 is 1.13 bits per heavy atom. The SMILES string of the molecule is O=C(C1CC1)N1CCN(c2ccnn3cc(C4=CCC([C@H]5CCCN5)N=C4)cc23)CC1. The summed E-state index contributed by atoms with van der Waals surface area (Å²) in [7, 11) is 0. The minimum absolute atomic E-state index is 0.307. The van der Waals surface area contributed by atoms with E-state index in [1.54, 1.807) is 0 Å². The zero-order chi connectivity index (χ0) is 20.8. The fraction of sp³-hybridized carbons (Fsp3) is 0.542. The van der Waals surface area contributed by atoms with E-state index in [0.717, 1.165) is 57.5 Å².